The Morgan fingerprint density at radius 3 is 2.13 bits per heavy atom. The Balaban J connectivity index is 3.25. The minimum atomic E-state index is -3.85. The summed E-state index contributed by atoms with van der Waals surface area (Å²) in [7, 11) is 0. The molecule has 1 heterocycles. The zero-order valence-electron chi connectivity index (χ0n) is 10.6. The van der Waals surface area contributed by atoms with Gasteiger partial charge in [-0.1, -0.05) is 0 Å². The monoisotopic (exact) mass is 332 g/mol. The van der Waals surface area contributed by atoms with Crippen LogP contribution in [-0.4, -0.2) is 41.7 Å². The minimum Gasteiger partial charge on any atom is -0.358 e. The molecular weight excluding hydrogens is 328 g/mol. The molecule has 18 heteroatoms. The van der Waals surface area contributed by atoms with Gasteiger partial charge in [0, 0.05) is 4.91 Å². The lowest BCUT2D eigenvalue weighted by Crippen LogP contribution is -2.58. The van der Waals surface area contributed by atoms with E-state index in [1.165, 1.54) is 0 Å². The lowest BCUT2D eigenvalue weighted by Gasteiger charge is -2.11. The highest BCUT2D eigenvalue weighted by molar-refractivity contribution is 5.47. The summed E-state index contributed by atoms with van der Waals surface area (Å²) >= 11 is 0. The molecule has 0 saturated carbocycles. The number of nitrogens with one attached hydrogen (secondary N) is 1. The Hall–Kier alpha value is -4.08. The molecular formula is C5H4N10O8. The van der Waals surface area contributed by atoms with Gasteiger partial charge in [0.15, 0.2) is 14.8 Å². The normalized spacial score (nSPS) is 10.4. The molecule has 1 rings (SSSR count). The topological polar surface area (TPSA) is 251 Å². The number of nitrogens with zero attached hydrogens (tertiary/aromatic N) is 9. The largest absolute Gasteiger partial charge is 0.718 e. The maximum atomic E-state index is 10.7. The average Bonchev–Trinajstić information content (AvgIpc) is 2.82. The molecule has 122 valence electrons. The van der Waals surface area contributed by atoms with Gasteiger partial charge in [-0.15, -0.1) is 0 Å². The van der Waals surface area contributed by atoms with Crippen LogP contribution in [-0.2, 0) is 0 Å². The highest BCUT2D eigenvalue weighted by atomic mass is 16.7. The van der Waals surface area contributed by atoms with Crippen LogP contribution in [0.5, 0.6) is 0 Å². The van der Waals surface area contributed by atoms with Gasteiger partial charge in [0.05, 0.1) is 0 Å². The molecule has 0 spiro atoms. The van der Waals surface area contributed by atoms with Gasteiger partial charge in [-0.2, -0.15) is 0 Å². The molecule has 0 aliphatic heterocycles. The molecule has 0 aliphatic carbocycles. The third kappa shape index (κ3) is 2.85. The Morgan fingerprint density at radius 1 is 1.22 bits per heavy atom. The second kappa shape index (κ2) is 6.13. The van der Waals surface area contributed by atoms with Crippen LogP contribution in [0.3, 0.4) is 0 Å². The first-order valence-electron chi connectivity index (χ1n) is 5.12. The molecule has 1 aromatic rings. The first-order chi connectivity index (χ1) is 10.7. The summed E-state index contributed by atoms with van der Waals surface area (Å²) in [4.78, 5) is 41.9. The van der Waals surface area contributed by atoms with Crippen LogP contribution in [0, 0.1) is 40.5 Å². The van der Waals surface area contributed by atoms with Crippen molar-refractivity contribution in [2.75, 3.05) is 12.0 Å². The number of rotatable bonds is 8. The zero-order valence-corrected chi connectivity index (χ0v) is 10.6. The van der Waals surface area contributed by atoms with Gasteiger partial charge in [-0.05, 0) is 20.6 Å². The summed E-state index contributed by atoms with van der Waals surface area (Å²) in [5, 5.41) is 45.7. The van der Waals surface area contributed by atoms with Crippen LogP contribution in [0.2, 0.25) is 0 Å². The molecule has 1 N–H and O–H groups in total. The summed E-state index contributed by atoms with van der Waals surface area (Å²) in [5.41, 5.74) is 10.1. The zero-order chi connectivity index (χ0) is 17.8. The highest BCUT2D eigenvalue weighted by Gasteiger charge is 2.70. The number of hydrogen-bond donors (Lipinski definition) is 1. The highest BCUT2D eigenvalue weighted by Crippen LogP contribution is 2.25. The number of hydrogen-bond acceptors (Lipinski definition) is 11. The van der Waals surface area contributed by atoms with E-state index in [9.17, 15) is 40.5 Å². The predicted octanol–water partition coefficient (Wildman–Crippen LogP) is -0.240. The van der Waals surface area contributed by atoms with Crippen molar-refractivity contribution >= 4 is 11.6 Å². The van der Waals surface area contributed by atoms with Crippen LogP contribution in [0.4, 0.5) is 11.6 Å². The van der Waals surface area contributed by atoms with Crippen molar-refractivity contribution < 1.29 is 19.7 Å². The van der Waals surface area contributed by atoms with Gasteiger partial charge < -0.3 is 15.5 Å². The van der Waals surface area contributed by atoms with Gasteiger partial charge >= 0.3 is 11.6 Å². The van der Waals surface area contributed by atoms with Crippen molar-refractivity contribution in [2.45, 2.75) is 5.79 Å². The maximum absolute atomic E-state index is 10.7. The summed E-state index contributed by atoms with van der Waals surface area (Å²) in [6.45, 7) is -1.51. The lowest BCUT2D eigenvalue weighted by molar-refractivity contribution is -0.965. The van der Waals surface area contributed by atoms with Crippen molar-refractivity contribution in [1.82, 2.24) is 9.66 Å². The SMILES string of the molecule is [N-]=[N+]=Nc1c([N+](=O)[O-])ncn1NCC([N+](=O)[O-])([N+](=O)[O-])[N+](=O)[O-]. The predicted molar refractivity (Wildman–Crippen MR) is 65.6 cm³/mol. The van der Waals surface area contributed by atoms with E-state index in [4.69, 9.17) is 5.53 Å². The van der Waals surface area contributed by atoms with Crippen LogP contribution < -0.4 is 5.43 Å². The maximum Gasteiger partial charge on any atom is 0.718 e. The molecule has 0 unspecified atom stereocenters. The third-order valence-corrected chi connectivity index (χ3v) is 2.40. The lowest BCUT2D eigenvalue weighted by atomic mass is 10.4. The summed E-state index contributed by atoms with van der Waals surface area (Å²) in [6, 6.07) is 0. The van der Waals surface area contributed by atoms with E-state index in [2.05, 4.69) is 15.0 Å². The second-order valence-electron chi connectivity index (χ2n) is 3.59. The molecule has 1 aromatic heterocycles. The van der Waals surface area contributed by atoms with Crippen molar-refractivity contribution in [3.63, 3.8) is 0 Å². The van der Waals surface area contributed by atoms with E-state index >= 15 is 0 Å². The van der Waals surface area contributed by atoms with E-state index in [0.717, 1.165) is 0 Å². The number of nitro groups is 4. The van der Waals surface area contributed by atoms with E-state index in [1.54, 1.807) is 0 Å². The number of aromatic nitrogens is 2. The molecule has 0 saturated heterocycles. The van der Waals surface area contributed by atoms with Gasteiger partial charge in [0.2, 0.25) is 12.1 Å². The quantitative estimate of drug-likeness (QED) is 0.163. The minimum absolute atomic E-state index is 0.420. The Kier molecular flexibility index (Phi) is 4.53. The van der Waals surface area contributed by atoms with Crippen molar-refractivity contribution in [2.24, 2.45) is 5.11 Å². The summed E-state index contributed by atoms with van der Waals surface area (Å²) < 4.78 is 0.420. The standard InChI is InChI=1S/C5H4N10O8/c6-10-9-4-3(12(16)17)7-2-11(4)8-1-5(13(18)19,14(20)21)15(22)23/h2,8H,1H2. The van der Waals surface area contributed by atoms with Gasteiger partial charge in [0.25, 0.3) is 6.54 Å². The van der Waals surface area contributed by atoms with Crippen LogP contribution in [0.1, 0.15) is 0 Å². The van der Waals surface area contributed by atoms with Crippen LogP contribution in [0.25, 0.3) is 10.4 Å². The Labute approximate surface area is 122 Å². The third-order valence-electron chi connectivity index (χ3n) is 2.40. The molecule has 0 aliphatic rings. The first-order valence-corrected chi connectivity index (χ1v) is 5.12. The molecule has 0 amide bonds. The number of imidazole rings is 1. The van der Waals surface area contributed by atoms with Gasteiger partial charge in [-0.25, -0.2) is 4.68 Å². The fraction of sp³-hybridized carbons (Fsp3) is 0.400. The molecule has 18 nitrogen and oxygen atoms in total. The van der Waals surface area contributed by atoms with Gasteiger partial charge in [-0.3, -0.25) is 30.3 Å². The Bertz CT molecular complexity index is 696. The van der Waals surface area contributed by atoms with Crippen LogP contribution in [0.15, 0.2) is 11.4 Å². The molecule has 0 bridgehead atoms. The Morgan fingerprint density at radius 2 is 1.74 bits per heavy atom. The average molecular weight is 332 g/mol. The fourth-order valence-corrected chi connectivity index (χ4v) is 1.30. The molecule has 0 radical (unpaired) electrons. The molecule has 23 heavy (non-hydrogen) atoms. The fourth-order valence-electron chi connectivity index (χ4n) is 1.30. The molecule has 0 aromatic carbocycles. The summed E-state index contributed by atoms with van der Waals surface area (Å²) in [6.07, 6.45) is 0.604. The summed E-state index contributed by atoms with van der Waals surface area (Å²) in [5.74, 6) is -5.63. The van der Waals surface area contributed by atoms with Crippen molar-refractivity contribution in [3.8, 4) is 0 Å². The molecule has 0 fully saturated rings. The smallest absolute Gasteiger partial charge is 0.358 e. The van der Waals surface area contributed by atoms with E-state index in [0.29, 0.717) is 11.0 Å². The van der Waals surface area contributed by atoms with Crippen molar-refractivity contribution in [3.05, 3.63) is 57.2 Å². The van der Waals surface area contributed by atoms with E-state index in [-0.39, 0.29) is 0 Å². The second-order valence-corrected chi connectivity index (χ2v) is 3.59. The van der Waals surface area contributed by atoms with E-state index in [1.807, 2.05) is 5.43 Å². The van der Waals surface area contributed by atoms with Crippen LogP contribution >= 0.6 is 0 Å². The first kappa shape index (κ1) is 17.0. The van der Waals surface area contributed by atoms with Crippen molar-refractivity contribution in [1.29, 1.82) is 0 Å². The molecule has 0 atom stereocenters. The van der Waals surface area contributed by atoms with Gasteiger partial charge in [0.1, 0.15) is 0 Å². The van der Waals surface area contributed by atoms with E-state index < -0.39 is 43.7 Å². The number of azide groups is 1.